The molecule has 0 unspecified atom stereocenters. The number of hydrogen-bond donors (Lipinski definition) is 1. The van der Waals surface area contributed by atoms with Crippen LogP contribution in [0.1, 0.15) is 35.8 Å². The third-order valence-electron chi connectivity index (χ3n) is 3.42. The average molecular weight is 292 g/mol. The number of aryl methyl sites for hydroxylation is 1. The van der Waals surface area contributed by atoms with Crippen LogP contribution < -0.4 is 5.32 Å². The number of hydrogen-bond acceptors (Lipinski definition) is 4. The lowest BCUT2D eigenvalue weighted by molar-refractivity contribution is 0.272. The van der Waals surface area contributed by atoms with Crippen LogP contribution in [0.4, 0.5) is 0 Å². The quantitative estimate of drug-likeness (QED) is 0.802. The van der Waals surface area contributed by atoms with Gasteiger partial charge in [-0.1, -0.05) is 19.9 Å². The minimum atomic E-state index is 0.814. The SMILES string of the molecule is CCNCc1cc(CN(CC)Cc2cccs2)c(C)o1. The molecule has 0 aliphatic heterocycles. The molecule has 0 amide bonds. The van der Waals surface area contributed by atoms with Gasteiger partial charge in [0.05, 0.1) is 6.54 Å². The zero-order chi connectivity index (χ0) is 14.4. The Morgan fingerprint density at radius 1 is 1.30 bits per heavy atom. The van der Waals surface area contributed by atoms with Gasteiger partial charge in [-0.05, 0) is 37.5 Å². The van der Waals surface area contributed by atoms with Gasteiger partial charge in [0.2, 0.25) is 0 Å². The lowest BCUT2D eigenvalue weighted by Gasteiger charge is -2.19. The van der Waals surface area contributed by atoms with Crippen molar-refractivity contribution in [3.63, 3.8) is 0 Å². The molecule has 110 valence electrons. The van der Waals surface area contributed by atoms with E-state index in [9.17, 15) is 0 Å². The van der Waals surface area contributed by atoms with E-state index in [2.05, 4.69) is 54.6 Å². The molecule has 3 nitrogen and oxygen atoms in total. The summed E-state index contributed by atoms with van der Waals surface area (Å²) in [4.78, 5) is 3.86. The first-order chi connectivity index (χ1) is 9.72. The van der Waals surface area contributed by atoms with Crippen molar-refractivity contribution in [1.29, 1.82) is 0 Å². The Labute approximate surface area is 125 Å². The van der Waals surface area contributed by atoms with Crippen LogP contribution in [0.3, 0.4) is 0 Å². The minimum Gasteiger partial charge on any atom is -0.465 e. The van der Waals surface area contributed by atoms with Crippen molar-refractivity contribution in [3.05, 3.63) is 45.5 Å². The van der Waals surface area contributed by atoms with Gasteiger partial charge < -0.3 is 9.73 Å². The summed E-state index contributed by atoms with van der Waals surface area (Å²) >= 11 is 1.82. The van der Waals surface area contributed by atoms with Gasteiger partial charge in [0.25, 0.3) is 0 Å². The smallest absolute Gasteiger partial charge is 0.118 e. The molecule has 2 heterocycles. The lowest BCUT2D eigenvalue weighted by atomic mass is 10.2. The molecule has 4 heteroatoms. The van der Waals surface area contributed by atoms with Crippen molar-refractivity contribution in [3.8, 4) is 0 Å². The van der Waals surface area contributed by atoms with Crippen LogP contribution in [0.5, 0.6) is 0 Å². The van der Waals surface area contributed by atoms with E-state index in [0.717, 1.165) is 44.2 Å². The summed E-state index contributed by atoms with van der Waals surface area (Å²) in [6.45, 7) is 11.2. The van der Waals surface area contributed by atoms with Crippen molar-refractivity contribution in [1.82, 2.24) is 10.2 Å². The minimum absolute atomic E-state index is 0.814. The first-order valence-corrected chi connectivity index (χ1v) is 8.14. The van der Waals surface area contributed by atoms with Crippen molar-refractivity contribution >= 4 is 11.3 Å². The van der Waals surface area contributed by atoms with Gasteiger partial charge in [0.15, 0.2) is 0 Å². The van der Waals surface area contributed by atoms with Gasteiger partial charge in [0, 0.05) is 23.5 Å². The van der Waals surface area contributed by atoms with E-state index in [0.29, 0.717) is 0 Å². The van der Waals surface area contributed by atoms with Gasteiger partial charge in [-0.2, -0.15) is 0 Å². The van der Waals surface area contributed by atoms with E-state index in [1.807, 2.05) is 11.3 Å². The fourth-order valence-electron chi connectivity index (χ4n) is 2.22. The molecule has 0 aromatic carbocycles. The first kappa shape index (κ1) is 15.3. The first-order valence-electron chi connectivity index (χ1n) is 7.26. The number of rotatable bonds is 8. The fourth-order valence-corrected chi connectivity index (χ4v) is 2.97. The Morgan fingerprint density at radius 2 is 2.15 bits per heavy atom. The summed E-state index contributed by atoms with van der Waals surface area (Å²) in [5, 5.41) is 5.44. The molecule has 0 aliphatic carbocycles. The summed E-state index contributed by atoms with van der Waals surface area (Å²) in [7, 11) is 0. The van der Waals surface area contributed by atoms with Gasteiger partial charge in [-0.25, -0.2) is 0 Å². The Kier molecular flexibility index (Phi) is 5.83. The standard InChI is InChI=1S/C16H24N2OS/c1-4-17-10-15-9-14(13(3)19-15)11-18(5-2)12-16-7-6-8-20-16/h6-9,17H,4-5,10-12H2,1-3H3. The second-order valence-corrected chi connectivity index (χ2v) is 5.99. The van der Waals surface area contributed by atoms with Crippen LogP contribution in [0.2, 0.25) is 0 Å². The van der Waals surface area contributed by atoms with E-state index >= 15 is 0 Å². The van der Waals surface area contributed by atoms with Gasteiger partial charge in [-0.3, -0.25) is 4.90 Å². The van der Waals surface area contributed by atoms with Crippen LogP contribution in [0.15, 0.2) is 28.0 Å². The van der Waals surface area contributed by atoms with E-state index in [4.69, 9.17) is 4.42 Å². The third kappa shape index (κ3) is 4.20. The van der Waals surface area contributed by atoms with Crippen LogP contribution >= 0.6 is 11.3 Å². The molecule has 0 radical (unpaired) electrons. The molecule has 0 saturated carbocycles. The Hall–Kier alpha value is -1.10. The molecule has 0 fully saturated rings. The van der Waals surface area contributed by atoms with Gasteiger partial charge in [-0.15, -0.1) is 11.3 Å². The number of thiophene rings is 1. The number of nitrogens with one attached hydrogen (secondary N) is 1. The topological polar surface area (TPSA) is 28.4 Å². The monoisotopic (exact) mass is 292 g/mol. The van der Waals surface area contributed by atoms with Crippen molar-refractivity contribution < 1.29 is 4.42 Å². The molecule has 0 spiro atoms. The third-order valence-corrected chi connectivity index (χ3v) is 4.28. The van der Waals surface area contributed by atoms with Crippen molar-refractivity contribution in [2.24, 2.45) is 0 Å². The molecule has 0 saturated heterocycles. The van der Waals surface area contributed by atoms with Gasteiger partial charge in [0.1, 0.15) is 11.5 Å². The molecule has 2 aromatic heterocycles. The lowest BCUT2D eigenvalue weighted by Crippen LogP contribution is -2.21. The Bertz CT molecular complexity index is 505. The highest BCUT2D eigenvalue weighted by Gasteiger charge is 2.11. The summed E-state index contributed by atoms with van der Waals surface area (Å²) in [6.07, 6.45) is 0. The normalized spacial score (nSPS) is 11.4. The molecule has 0 atom stereocenters. The zero-order valence-electron chi connectivity index (χ0n) is 12.6. The molecule has 2 rings (SSSR count). The molecule has 2 aromatic rings. The maximum atomic E-state index is 5.81. The summed E-state index contributed by atoms with van der Waals surface area (Å²) in [6, 6.07) is 6.51. The zero-order valence-corrected chi connectivity index (χ0v) is 13.4. The van der Waals surface area contributed by atoms with Crippen molar-refractivity contribution in [2.75, 3.05) is 13.1 Å². The summed E-state index contributed by atoms with van der Waals surface area (Å²) in [5.74, 6) is 2.08. The largest absolute Gasteiger partial charge is 0.465 e. The maximum absolute atomic E-state index is 5.81. The van der Waals surface area contributed by atoms with Crippen LogP contribution in [0.25, 0.3) is 0 Å². The van der Waals surface area contributed by atoms with E-state index in [-0.39, 0.29) is 0 Å². The Balaban J connectivity index is 1.98. The second kappa shape index (κ2) is 7.62. The van der Waals surface area contributed by atoms with E-state index < -0.39 is 0 Å². The molecular formula is C16H24N2OS. The second-order valence-electron chi connectivity index (χ2n) is 4.96. The van der Waals surface area contributed by atoms with Crippen LogP contribution in [-0.2, 0) is 19.6 Å². The number of nitrogens with zero attached hydrogens (tertiary/aromatic N) is 1. The predicted octanol–water partition coefficient (Wildman–Crippen LogP) is 3.78. The Morgan fingerprint density at radius 3 is 2.80 bits per heavy atom. The van der Waals surface area contributed by atoms with Crippen LogP contribution in [0, 0.1) is 6.92 Å². The predicted molar refractivity (Wildman–Crippen MR) is 84.9 cm³/mol. The molecule has 0 aliphatic rings. The number of furan rings is 1. The molecule has 20 heavy (non-hydrogen) atoms. The highest BCUT2D eigenvalue weighted by Crippen LogP contribution is 2.19. The highest BCUT2D eigenvalue weighted by atomic mass is 32.1. The summed E-state index contributed by atoms with van der Waals surface area (Å²) in [5.41, 5.74) is 1.30. The molecule has 0 bridgehead atoms. The molecule has 1 N–H and O–H groups in total. The van der Waals surface area contributed by atoms with Gasteiger partial charge >= 0.3 is 0 Å². The summed E-state index contributed by atoms with van der Waals surface area (Å²) < 4.78 is 5.81. The van der Waals surface area contributed by atoms with E-state index in [1.54, 1.807) is 0 Å². The van der Waals surface area contributed by atoms with Crippen LogP contribution in [-0.4, -0.2) is 18.0 Å². The fraction of sp³-hybridized carbons (Fsp3) is 0.500. The molecular weight excluding hydrogens is 268 g/mol. The maximum Gasteiger partial charge on any atom is 0.118 e. The highest BCUT2D eigenvalue weighted by molar-refractivity contribution is 7.09. The average Bonchev–Trinajstić information content (AvgIpc) is 3.06. The van der Waals surface area contributed by atoms with Crippen molar-refractivity contribution in [2.45, 2.75) is 40.4 Å². The van der Waals surface area contributed by atoms with E-state index in [1.165, 1.54) is 10.4 Å².